The minimum atomic E-state index is 0.0486. The molecule has 0 saturated heterocycles. The van der Waals surface area contributed by atoms with E-state index in [9.17, 15) is 4.79 Å². The van der Waals surface area contributed by atoms with Crippen LogP contribution in [0.2, 0.25) is 0 Å². The Kier molecular flexibility index (Phi) is 3.30. The molecule has 0 bridgehead atoms. The molecule has 1 rings (SSSR count). The summed E-state index contributed by atoms with van der Waals surface area (Å²) in [6.45, 7) is 4.41. The molecule has 1 nitrogen and oxygen atoms in total. The van der Waals surface area contributed by atoms with Gasteiger partial charge in [0.05, 0.1) is 0 Å². The highest BCUT2D eigenvalue weighted by molar-refractivity contribution is 5.60. The maximum atomic E-state index is 11.1. The van der Waals surface area contributed by atoms with Crippen molar-refractivity contribution in [3.63, 3.8) is 0 Å². The van der Waals surface area contributed by atoms with Gasteiger partial charge in [-0.2, -0.15) is 0 Å². The van der Waals surface area contributed by atoms with Crippen LogP contribution in [0.1, 0.15) is 52.4 Å². The fourth-order valence-corrected chi connectivity index (χ4v) is 2.51. The summed E-state index contributed by atoms with van der Waals surface area (Å²) in [5, 5.41) is 0. The van der Waals surface area contributed by atoms with E-state index in [1.54, 1.807) is 0 Å². The van der Waals surface area contributed by atoms with Gasteiger partial charge in [-0.3, -0.25) is 0 Å². The van der Waals surface area contributed by atoms with Gasteiger partial charge in [0.25, 0.3) is 0 Å². The van der Waals surface area contributed by atoms with Crippen LogP contribution in [0.4, 0.5) is 0 Å². The van der Waals surface area contributed by atoms with Gasteiger partial charge in [-0.25, -0.2) is 0 Å². The lowest BCUT2D eigenvalue weighted by molar-refractivity contribution is -0.121. The van der Waals surface area contributed by atoms with Crippen LogP contribution < -0.4 is 0 Å². The second-order valence-electron chi connectivity index (χ2n) is 4.25. The Morgan fingerprint density at radius 2 is 2.25 bits per heavy atom. The molecule has 1 aliphatic rings. The van der Waals surface area contributed by atoms with Crippen LogP contribution in [0, 0.1) is 11.3 Å². The predicted octanol–water partition coefficient (Wildman–Crippen LogP) is 3.18. The quantitative estimate of drug-likeness (QED) is 0.591. The van der Waals surface area contributed by atoms with Crippen molar-refractivity contribution in [1.29, 1.82) is 0 Å². The summed E-state index contributed by atoms with van der Waals surface area (Å²) in [7, 11) is 0. The van der Waals surface area contributed by atoms with Gasteiger partial charge in [0.15, 0.2) is 0 Å². The van der Waals surface area contributed by atoms with Crippen molar-refractivity contribution in [2.24, 2.45) is 11.3 Å². The SMILES string of the molecule is CCCC1(C=O)CCCCC1C. The molecule has 1 heteroatoms. The van der Waals surface area contributed by atoms with Crippen molar-refractivity contribution in [3.05, 3.63) is 0 Å². The second kappa shape index (κ2) is 4.06. The van der Waals surface area contributed by atoms with E-state index in [1.807, 2.05) is 0 Å². The third-order valence-electron chi connectivity index (χ3n) is 3.46. The smallest absolute Gasteiger partial charge is 0.126 e. The first-order chi connectivity index (χ1) is 5.75. The number of rotatable bonds is 3. The molecule has 2 unspecified atom stereocenters. The van der Waals surface area contributed by atoms with E-state index in [2.05, 4.69) is 13.8 Å². The first-order valence-electron chi connectivity index (χ1n) is 5.21. The van der Waals surface area contributed by atoms with Gasteiger partial charge in [-0.1, -0.05) is 33.1 Å². The normalized spacial score (nSPS) is 36.3. The molecule has 2 atom stereocenters. The standard InChI is InChI=1S/C11H20O/c1-3-7-11(9-12)8-5-4-6-10(11)2/h9-10H,3-8H2,1-2H3. The molecule has 0 aromatic rings. The first kappa shape index (κ1) is 9.76. The lowest BCUT2D eigenvalue weighted by Gasteiger charge is -2.38. The Morgan fingerprint density at radius 3 is 2.75 bits per heavy atom. The van der Waals surface area contributed by atoms with E-state index >= 15 is 0 Å². The average Bonchev–Trinajstić information content (AvgIpc) is 2.10. The van der Waals surface area contributed by atoms with E-state index < -0.39 is 0 Å². The van der Waals surface area contributed by atoms with Crippen molar-refractivity contribution < 1.29 is 4.79 Å². The maximum Gasteiger partial charge on any atom is 0.126 e. The molecule has 0 radical (unpaired) electrons. The topological polar surface area (TPSA) is 17.1 Å². The van der Waals surface area contributed by atoms with Gasteiger partial charge < -0.3 is 4.79 Å². The van der Waals surface area contributed by atoms with Crippen molar-refractivity contribution >= 4 is 6.29 Å². The molecular formula is C11H20O. The summed E-state index contributed by atoms with van der Waals surface area (Å²) >= 11 is 0. The van der Waals surface area contributed by atoms with Gasteiger partial charge in [-0.05, 0) is 25.2 Å². The molecule has 0 aromatic carbocycles. The molecular weight excluding hydrogens is 148 g/mol. The Balaban J connectivity index is 2.66. The van der Waals surface area contributed by atoms with Crippen LogP contribution in [0.3, 0.4) is 0 Å². The molecule has 0 heterocycles. The summed E-state index contributed by atoms with van der Waals surface area (Å²) in [5.74, 6) is 0.615. The Hall–Kier alpha value is -0.330. The molecule has 0 aliphatic heterocycles. The van der Waals surface area contributed by atoms with Crippen LogP contribution in [0.15, 0.2) is 0 Å². The fourth-order valence-electron chi connectivity index (χ4n) is 2.51. The molecule has 12 heavy (non-hydrogen) atoms. The average molecular weight is 168 g/mol. The molecule has 0 spiro atoms. The molecule has 1 aliphatic carbocycles. The Labute approximate surface area is 75.5 Å². The summed E-state index contributed by atoms with van der Waals surface area (Å²) in [4.78, 5) is 11.1. The Bertz CT molecular complexity index is 149. The zero-order valence-corrected chi connectivity index (χ0v) is 8.31. The summed E-state index contributed by atoms with van der Waals surface area (Å²) in [5.41, 5.74) is 0.0486. The molecule has 0 amide bonds. The van der Waals surface area contributed by atoms with Crippen LogP contribution in [0.25, 0.3) is 0 Å². The van der Waals surface area contributed by atoms with Gasteiger partial charge in [0.1, 0.15) is 6.29 Å². The van der Waals surface area contributed by atoms with Crippen molar-refractivity contribution in [2.45, 2.75) is 52.4 Å². The molecule has 70 valence electrons. The van der Waals surface area contributed by atoms with Crippen molar-refractivity contribution in [2.75, 3.05) is 0 Å². The number of hydrogen-bond donors (Lipinski definition) is 0. The highest BCUT2D eigenvalue weighted by Gasteiger charge is 2.36. The third-order valence-corrected chi connectivity index (χ3v) is 3.46. The Morgan fingerprint density at radius 1 is 1.50 bits per heavy atom. The predicted molar refractivity (Wildman–Crippen MR) is 51.0 cm³/mol. The van der Waals surface area contributed by atoms with Crippen LogP contribution in [0.5, 0.6) is 0 Å². The third kappa shape index (κ3) is 1.70. The monoisotopic (exact) mass is 168 g/mol. The number of aldehydes is 1. The lowest BCUT2D eigenvalue weighted by Crippen LogP contribution is -2.33. The fraction of sp³-hybridized carbons (Fsp3) is 0.909. The van der Waals surface area contributed by atoms with E-state index in [-0.39, 0.29) is 5.41 Å². The van der Waals surface area contributed by atoms with Crippen LogP contribution >= 0.6 is 0 Å². The minimum absolute atomic E-state index is 0.0486. The van der Waals surface area contributed by atoms with E-state index in [0.29, 0.717) is 5.92 Å². The summed E-state index contributed by atoms with van der Waals surface area (Å²) < 4.78 is 0. The molecule has 0 N–H and O–H groups in total. The minimum Gasteiger partial charge on any atom is -0.303 e. The van der Waals surface area contributed by atoms with Gasteiger partial charge >= 0.3 is 0 Å². The number of hydrogen-bond acceptors (Lipinski definition) is 1. The van der Waals surface area contributed by atoms with E-state index in [4.69, 9.17) is 0 Å². The summed E-state index contributed by atoms with van der Waals surface area (Å²) in [6, 6.07) is 0. The molecule has 1 fully saturated rings. The highest BCUT2D eigenvalue weighted by atomic mass is 16.1. The second-order valence-corrected chi connectivity index (χ2v) is 4.25. The zero-order chi connectivity index (χ0) is 9.03. The van der Waals surface area contributed by atoms with Crippen LogP contribution in [-0.2, 0) is 4.79 Å². The molecule has 1 saturated carbocycles. The lowest BCUT2D eigenvalue weighted by atomic mass is 9.66. The summed E-state index contributed by atoms with van der Waals surface area (Å²) in [6.07, 6.45) is 8.43. The maximum absolute atomic E-state index is 11.1. The van der Waals surface area contributed by atoms with E-state index in [1.165, 1.54) is 25.5 Å². The van der Waals surface area contributed by atoms with Gasteiger partial charge in [0, 0.05) is 5.41 Å². The van der Waals surface area contributed by atoms with E-state index in [0.717, 1.165) is 19.3 Å². The largest absolute Gasteiger partial charge is 0.303 e. The highest BCUT2D eigenvalue weighted by Crippen LogP contribution is 2.42. The first-order valence-corrected chi connectivity index (χ1v) is 5.21. The number of carbonyl (C=O) groups is 1. The zero-order valence-electron chi connectivity index (χ0n) is 8.31. The van der Waals surface area contributed by atoms with Crippen molar-refractivity contribution in [1.82, 2.24) is 0 Å². The number of carbonyl (C=O) groups excluding carboxylic acids is 1. The van der Waals surface area contributed by atoms with Gasteiger partial charge in [0.2, 0.25) is 0 Å². The van der Waals surface area contributed by atoms with Crippen molar-refractivity contribution in [3.8, 4) is 0 Å². The molecule has 0 aromatic heterocycles. The van der Waals surface area contributed by atoms with Gasteiger partial charge in [-0.15, -0.1) is 0 Å². The van der Waals surface area contributed by atoms with Crippen LogP contribution in [-0.4, -0.2) is 6.29 Å².